The summed E-state index contributed by atoms with van der Waals surface area (Å²) in [5.74, 6) is 1.35. The van der Waals surface area contributed by atoms with Gasteiger partial charge in [0.1, 0.15) is 17.2 Å². The third kappa shape index (κ3) is 6.33. The molecule has 0 aliphatic heterocycles. The summed E-state index contributed by atoms with van der Waals surface area (Å²) >= 11 is 0. The van der Waals surface area contributed by atoms with Crippen molar-refractivity contribution in [3.63, 3.8) is 0 Å². The van der Waals surface area contributed by atoms with E-state index in [9.17, 15) is 14.8 Å². The van der Waals surface area contributed by atoms with Gasteiger partial charge in [-0.2, -0.15) is 0 Å². The van der Waals surface area contributed by atoms with Crippen molar-refractivity contribution >= 4 is 11.9 Å². The van der Waals surface area contributed by atoms with Gasteiger partial charge < -0.3 is 20.5 Å². The molecular formula is C18H21N3O5. The number of urea groups is 1. The van der Waals surface area contributed by atoms with Gasteiger partial charge in [-0.25, -0.2) is 9.86 Å². The van der Waals surface area contributed by atoms with Crippen molar-refractivity contribution in [2.24, 2.45) is 5.73 Å². The molecule has 8 nitrogen and oxygen atoms in total. The van der Waals surface area contributed by atoms with Crippen LogP contribution in [-0.4, -0.2) is 41.4 Å². The molecule has 0 heterocycles. The maximum Gasteiger partial charge on any atom is 0.338 e. The lowest BCUT2D eigenvalue weighted by Crippen LogP contribution is -2.45. The number of hydrogen-bond acceptors (Lipinski definition) is 5. The summed E-state index contributed by atoms with van der Waals surface area (Å²) in [6.45, 7) is 1.28. The van der Waals surface area contributed by atoms with Gasteiger partial charge in [-0.1, -0.05) is 24.3 Å². The summed E-state index contributed by atoms with van der Waals surface area (Å²) in [7, 11) is 0. The number of primary amides is 1. The molecule has 0 aromatic heterocycles. The van der Waals surface area contributed by atoms with E-state index in [0.717, 1.165) is 0 Å². The Balaban J connectivity index is 1.82. The molecule has 0 aliphatic rings. The number of hydroxylamine groups is 2. The molecule has 0 saturated heterocycles. The lowest BCUT2D eigenvalue weighted by atomic mass is 10.3. The summed E-state index contributed by atoms with van der Waals surface area (Å²) in [4.78, 5) is 22.6. The highest BCUT2D eigenvalue weighted by molar-refractivity contribution is 5.78. The van der Waals surface area contributed by atoms with E-state index in [1.807, 2.05) is 30.3 Å². The molecule has 4 N–H and O–H groups in total. The molecule has 0 spiro atoms. The van der Waals surface area contributed by atoms with Gasteiger partial charge in [-0.05, 0) is 31.2 Å². The Bertz CT molecular complexity index is 739. The Labute approximate surface area is 151 Å². The monoisotopic (exact) mass is 359 g/mol. The largest absolute Gasteiger partial charge is 0.484 e. The van der Waals surface area contributed by atoms with Gasteiger partial charge in [0.2, 0.25) is 0 Å². The van der Waals surface area contributed by atoms with Gasteiger partial charge in [0, 0.05) is 12.1 Å². The van der Waals surface area contributed by atoms with Crippen LogP contribution < -0.4 is 20.5 Å². The highest BCUT2D eigenvalue weighted by Gasteiger charge is 2.14. The van der Waals surface area contributed by atoms with Crippen LogP contribution in [0.25, 0.3) is 0 Å². The molecule has 8 heteroatoms. The number of para-hydroxylation sites is 1. The fraction of sp³-hybridized carbons (Fsp3) is 0.222. The van der Waals surface area contributed by atoms with Crippen molar-refractivity contribution in [3.8, 4) is 17.2 Å². The zero-order chi connectivity index (χ0) is 18.9. The Hall–Kier alpha value is -3.26. The lowest BCUT2D eigenvalue weighted by Gasteiger charge is -2.19. The summed E-state index contributed by atoms with van der Waals surface area (Å²) in [6, 6.07) is 14.7. The normalized spacial score (nSPS) is 11.3. The van der Waals surface area contributed by atoms with E-state index in [1.165, 1.54) is 0 Å². The SMILES string of the molecule is CC(CN(O)C(N)=O)NC(=O)COc1cccc(Oc2ccccc2)c1. The minimum Gasteiger partial charge on any atom is -0.484 e. The maximum atomic E-state index is 11.9. The maximum absolute atomic E-state index is 11.9. The molecule has 0 fully saturated rings. The third-order valence-electron chi connectivity index (χ3n) is 3.26. The number of rotatable bonds is 8. The van der Waals surface area contributed by atoms with Gasteiger partial charge in [0.25, 0.3) is 5.91 Å². The van der Waals surface area contributed by atoms with Crippen molar-refractivity contribution in [3.05, 3.63) is 54.6 Å². The highest BCUT2D eigenvalue weighted by atomic mass is 16.5. The van der Waals surface area contributed by atoms with Crippen molar-refractivity contribution in [1.82, 2.24) is 10.4 Å². The lowest BCUT2D eigenvalue weighted by molar-refractivity contribution is -0.124. The fourth-order valence-electron chi connectivity index (χ4n) is 2.11. The number of carbonyl (C=O) groups is 2. The first-order valence-electron chi connectivity index (χ1n) is 7.95. The highest BCUT2D eigenvalue weighted by Crippen LogP contribution is 2.24. The van der Waals surface area contributed by atoms with Crippen LogP contribution in [0.5, 0.6) is 17.2 Å². The summed E-state index contributed by atoms with van der Waals surface area (Å²) < 4.78 is 11.1. The van der Waals surface area contributed by atoms with Crippen LogP contribution in [0.1, 0.15) is 6.92 Å². The van der Waals surface area contributed by atoms with E-state index in [2.05, 4.69) is 5.32 Å². The second-order valence-electron chi connectivity index (χ2n) is 5.57. The van der Waals surface area contributed by atoms with Crippen LogP contribution in [0.3, 0.4) is 0 Å². The fourth-order valence-corrected chi connectivity index (χ4v) is 2.11. The quantitative estimate of drug-likeness (QED) is 0.493. The van der Waals surface area contributed by atoms with Crippen LogP contribution in [0.15, 0.2) is 54.6 Å². The molecular weight excluding hydrogens is 338 g/mol. The van der Waals surface area contributed by atoms with Gasteiger partial charge in [0.15, 0.2) is 6.61 Å². The van der Waals surface area contributed by atoms with E-state index < -0.39 is 18.0 Å². The topological polar surface area (TPSA) is 114 Å². The molecule has 0 radical (unpaired) electrons. The van der Waals surface area contributed by atoms with Crippen LogP contribution in [0.4, 0.5) is 4.79 Å². The van der Waals surface area contributed by atoms with E-state index in [-0.39, 0.29) is 13.2 Å². The summed E-state index contributed by atoms with van der Waals surface area (Å²) in [5.41, 5.74) is 4.91. The molecule has 0 bridgehead atoms. The summed E-state index contributed by atoms with van der Waals surface area (Å²) in [6.07, 6.45) is 0. The zero-order valence-corrected chi connectivity index (χ0v) is 14.3. The minimum absolute atomic E-state index is 0.124. The molecule has 1 unspecified atom stereocenters. The van der Waals surface area contributed by atoms with Gasteiger partial charge in [0.05, 0.1) is 6.54 Å². The van der Waals surface area contributed by atoms with Crippen molar-refractivity contribution in [1.29, 1.82) is 0 Å². The first-order valence-corrected chi connectivity index (χ1v) is 7.95. The van der Waals surface area contributed by atoms with Gasteiger partial charge in [-0.15, -0.1) is 0 Å². The Morgan fingerprint density at radius 3 is 2.46 bits per heavy atom. The summed E-state index contributed by atoms with van der Waals surface area (Å²) in [5, 5.41) is 12.1. The number of ether oxygens (including phenoxy) is 2. The predicted molar refractivity (Wildman–Crippen MR) is 94.1 cm³/mol. The smallest absolute Gasteiger partial charge is 0.338 e. The molecule has 0 saturated carbocycles. The van der Waals surface area contributed by atoms with E-state index in [0.29, 0.717) is 22.3 Å². The first kappa shape index (κ1) is 19.1. The molecule has 2 aromatic carbocycles. The predicted octanol–water partition coefficient (Wildman–Crippen LogP) is 2.13. The van der Waals surface area contributed by atoms with E-state index >= 15 is 0 Å². The molecule has 0 aliphatic carbocycles. The van der Waals surface area contributed by atoms with Crippen LogP contribution in [-0.2, 0) is 4.79 Å². The van der Waals surface area contributed by atoms with Crippen LogP contribution in [0.2, 0.25) is 0 Å². The van der Waals surface area contributed by atoms with E-state index in [4.69, 9.17) is 15.2 Å². The number of nitrogens with zero attached hydrogens (tertiary/aromatic N) is 1. The number of nitrogens with two attached hydrogens (primary N) is 1. The number of amides is 3. The molecule has 1 atom stereocenters. The van der Waals surface area contributed by atoms with Crippen LogP contribution in [0, 0.1) is 0 Å². The Morgan fingerprint density at radius 2 is 1.77 bits per heavy atom. The minimum atomic E-state index is -0.988. The molecule has 3 amide bonds. The number of carbonyl (C=O) groups excluding carboxylic acids is 2. The molecule has 26 heavy (non-hydrogen) atoms. The van der Waals surface area contributed by atoms with Crippen LogP contribution >= 0.6 is 0 Å². The van der Waals surface area contributed by atoms with Gasteiger partial charge >= 0.3 is 6.03 Å². The number of hydrogen-bond donors (Lipinski definition) is 3. The second-order valence-corrected chi connectivity index (χ2v) is 5.57. The molecule has 2 rings (SSSR count). The number of nitrogens with one attached hydrogen (secondary N) is 1. The average Bonchev–Trinajstić information content (AvgIpc) is 2.61. The Morgan fingerprint density at radius 1 is 1.12 bits per heavy atom. The standard InChI is InChI=1S/C18H21N3O5/c1-13(11-21(24)18(19)23)20-17(22)12-25-15-8-5-9-16(10-15)26-14-6-3-2-4-7-14/h2-10,13,24H,11-12H2,1H3,(H2,19,23)(H,20,22). The zero-order valence-electron chi connectivity index (χ0n) is 14.3. The van der Waals surface area contributed by atoms with Crippen molar-refractivity contribution < 1.29 is 24.3 Å². The van der Waals surface area contributed by atoms with E-state index in [1.54, 1.807) is 31.2 Å². The third-order valence-corrected chi connectivity index (χ3v) is 3.26. The number of benzene rings is 2. The molecule has 138 valence electrons. The average molecular weight is 359 g/mol. The second kappa shape index (κ2) is 9.28. The van der Waals surface area contributed by atoms with Crippen molar-refractivity contribution in [2.75, 3.05) is 13.2 Å². The Kier molecular flexibility index (Phi) is 6.81. The van der Waals surface area contributed by atoms with Gasteiger partial charge in [-0.3, -0.25) is 10.0 Å². The first-order chi connectivity index (χ1) is 12.4. The van der Waals surface area contributed by atoms with Crippen molar-refractivity contribution in [2.45, 2.75) is 13.0 Å². The molecule has 2 aromatic rings.